The largest absolute Gasteiger partial charge is 0.423 e. The molecule has 0 aromatic heterocycles. The smallest absolute Gasteiger partial charge is 0.346 e. The lowest BCUT2D eigenvalue weighted by molar-refractivity contribution is -0.384. The number of esters is 1. The fraction of sp³-hybridized carbons (Fsp3) is 0. The van der Waals surface area contributed by atoms with Gasteiger partial charge in [-0.25, -0.2) is 9.18 Å². The van der Waals surface area contributed by atoms with Gasteiger partial charge in [-0.05, 0) is 48.0 Å². The van der Waals surface area contributed by atoms with E-state index in [1.54, 1.807) is 6.07 Å². The zero-order valence-electron chi connectivity index (χ0n) is 14.9. The van der Waals surface area contributed by atoms with E-state index in [0.29, 0.717) is 11.1 Å². The summed E-state index contributed by atoms with van der Waals surface area (Å²) in [5.74, 6) is -1.69. The van der Waals surface area contributed by atoms with Gasteiger partial charge in [0.15, 0.2) is 5.78 Å². The first-order chi connectivity index (χ1) is 13.9. The van der Waals surface area contributed by atoms with E-state index in [1.165, 1.54) is 72.8 Å². The molecule has 0 unspecified atom stereocenters. The highest BCUT2D eigenvalue weighted by molar-refractivity contribution is 6.06. The van der Waals surface area contributed by atoms with Crippen LogP contribution >= 0.6 is 0 Å². The van der Waals surface area contributed by atoms with Gasteiger partial charge < -0.3 is 4.74 Å². The van der Waals surface area contributed by atoms with Gasteiger partial charge in [-0.2, -0.15) is 0 Å². The number of nitro groups is 1. The highest BCUT2D eigenvalue weighted by Crippen LogP contribution is 2.18. The van der Waals surface area contributed by atoms with E-state index in [2.05, 4.69) is 0 Å². The van der Waals surface area contributed by atoms with Crippen molar-refractivity contribution in [3.8, 4) is 5.75 Å². The number of non-ortho nitro benzene ring substituents is 1. The van der Waals surface area contributed by atoms with E-state index in [9.17, 15) is 24.1 Å². The molecule has 3 rings (SSSR count). The highest BCUT2D eigenvalue weighted by atomic mass is 19.1. The molecule has 6 nitrogen and oxygen atoms in total. The second-order valence-corrected chi connectivity index (χ2v) is 5.94. The molecular weight excluding hydrogens is 377 g/mol. The molecule has 0 aliphatic carbocycles. The van der Waals surface area contributed by atoms with E-state index in [1.807, 2.05) is 0 Å². The van der Waals surface area contributed by atoms with Crippen LogP contribution < -0.4 is 4.74 Å². The Hall–Kier alpha value is -4.13. The number of carbonyl (C=O) groups is 2. The van der Waals surface area contributed by atoms with Crippen molar-refractivity contribution in [1.29, 1.82) is 0 Å². The molecule has 0 bridgehead atoms. The van der Waals surface area contributed by atoms with Crippen molar-refractivity contribution >= 4 is 23.5 Å². The van der Waals surface area contributed by atoms with Crippen LogP contribution in [0.15, 0.2) is 78.9 Å². The quantitative estimate of drug-likeness (QED) is 0.150. The summed E-state index contributed by atoms with van der Waals surface area (Å²) in [5.41, 5.74) is 0.591. The van der Waals surface area contributed by atoms with E-state index >= 15 is 0 Å². The maximum Gasteiger partial charge on any atom is 0.346 e. The number of halogens is 1. The van der Waals surface area contributed by atoms with Crippen molar-refractivity contribution in [3.05, 3.63) is 111 Å². The Morgan fingerprint density at radius 3 is 2.38 bits per heavy atom. The van der Waals surface area contributed by atoms with Gasteiger partial charge in [0, 0.05) is 17.7 Å². The molecule has 0 fully saturated rings. The van der Waals surface area contributed by atoms with Crippen LogP contribution in [-0.4, -0.2) is 16.7 Å². The molecule has 0 spiro atoms. The zero-order chi connectivity index (χ0) is 20.8. The third-order valence-electron chi connectivity index (χ3n) is 3.95. The molecule has 3 aromatic carbocycles. The number of benzene rings is 3. The second-order valence-electron chi connectivity index (χ2n) is 5.94. The predicted octanol–water partition coefficient (Wildman–Crippen LogP) is 4.85. The normalized spacial score (nSPS) is 10.7. The van der Waals surface area contributed by atoms with E-state index in [-0.39, 0.29) is 22.8 Å². The standard InChI is InChI=1S/C22H14FNO5/c23-20-7-2-1-6-19(20)22(26)29-18-11-9-16(10-12-18)21(25)13-8-15-4-3-5-17(14-15)24(27)28/h1-14H. The van der Waals surface area contributed by atoms with Crippen molar-refractivity contribution in [2.45, 2.75) is 0 Å². The molecule has 0 heterocycles. The number of carbonyl (C=O) groups excluding carboxylic acids is 2. The van der Waals surface area contributed by atoms with Gasteiger partial charge in [0.2, 0.25) is 0 Å². The number of hydrogen-bond donors (Lipinski definition) is 0. The van der Waals surface area contributed by atoms with Gasteiger partial charge in [0.05, 0.1) is 10.5 Å². The van der Waals surface area contributed by atoms with Crippen LogP contribution in [0.5, 0.6) is 5.75 Å². The summed E-state index contributed by atoms with van der Waals surface area (Å²) in [5, 5.41) is 10.8. The molecular formula is C22H14FNO5. The van der Waals surface area contributed by atoms with Gasteiger partial charge >= 0.3 is 5.97 Å². The monoisotopic (exact) mass is 391 g/mol. The Bertz CT molecular complexity index is 1110. The van der Waals surface area contributed by atoms with Gasteiger partial charge in [-0.3, -0.25) is 14.9 Å². The number of nitro benzene ring substituents is 1. The van der Waals surface area contributed by atoms with E-state index in [0.717, 1.165) is 6.07 Å². The Kier molecular flexibility index (Phi) is 5.89. The van der Waals surface area contributed by atoms with Crippen LogP contribution in [0.2, 0.25) is 0 Å². The van der Waals surface area contributed by atoms with Crippen LogP contribution in [0.3, 0.4) is 0 Å². The summed E-state index contributed by atoms with van der Waals surface area (Å²) in [6.07, 6.45) is 2.76. The van der Waals surface area contributed by atoms with Crippen LogP contribution in [0.25, 0.3) is 6.08 Å². The molecule has 0 radical (unpaired) electrons. The first-order valence-corrected chi connectivity index (χ1v) is 8.48. The molecule has 0 aliphatic heterocycles. The molecule has 3 aromatic rings. The van der Waals surface area contributed by atoms with Gasteiger partial charge in [-0.1, -0.05) is 30.3 Å². The molecule has 0 saturated carbocycles. The zero-order valence-corrected chi connectivity index (χ0v) is 14.9. The van der Waals surface area contributed by atoms with Gasteiger partial charge in [-0.15, -0.1) is 0 Å². The fourth-order valence-corrected chi connectivity index (χ4v) is 2.49. The molecule has 0 saturated heterocycles. The van der Waals surface area contributed by atoms with Crippen molar-refractivity contribution in [2.75, 3.05) is 0 Å². The topological polar surface area (TPSA) is 86.5 Å². The molecule has 0 N–H and O–H groups in total. The van der Waals surface area contributed by atoms with Crippen molar-refractivity contribution < 1.29 is 23.6 Å². The van der Waals surface area contributed by atoms with E-state index < -0.39 is 16.7 Å². The summed E-state index contributed by atoms with van der Waals surface area (Å²) in [4.78, 5) is 34.5. The lowest BCUT2D eigenvalue weighted by atomic mass is 10.1. The minimum atomic E-state index is -0.840. The third-order valence-corrected chi connectivity index (χ3v) is 3.95. The summed E-state index contributed by atoms with van der Waals surface area (Å²) in [6, 6.07) is 17.1. The number of hydrogen-bond acceptors (Lipinski definition) is 5. The Morgan fingerprint density at radius 2 is 1.69 bits per heavy atom. The third kappa shape index (κ3) is 4.98. The van der Waals surface area contributed by atoms with Gasteiger partial charge in [0.25, 0.3) is 5.69 Å². The minimum Gasteiger partial charge on any atom is -0.423 e. The maximum atomic E-state index is 13.6. The molecule has 29 heavy (non-hydrogen) atoms. The van der Waals surface area contributed by atoms with Crippen LogP contribution in [0, 0.1) is 15.9 Å². The molecule has 0 aliphatic rings. The van der Waals surface area contributed by atoms with Crippen molar-refractivity contribution in [2.24, 2.45) is 0 Å². The number of nitrogens with zero attached hydrogens (tertiary/aromatic N) is 1. The number of ether oxygens (including phenoxy) is 1. The molecule has 144 valence electrons. The first kappa shape index (κ1) is 19.6. The summed E-state index contributed by atoms with van der Waals surface area (Å²) < 4.78 is 18.7. The lowest BCUT2D eigenvalue weighted by Crippen LogP contribution is -2.10. The Balaban J connectivity index is 1.67. The van der Waals surface area contributed by atoms with Crippen LogP contribution in [0.4, 0.5) is 10.1 Å². The number of ketones is 1. The Labute approximate surface area is 165 Å². The van der Waals surface area contributed by atoms with Gasteiger partial charge in [0.1, 0.15) is 11.6 Å². The fourth-order valence-electron chi connectivity index (χ4n) is 2.49. The first-order valence-electron chi connectivity index (χ1n) is 8.48. The van der Waals surface area contributed by atoms with Crippen molar-refractivity contribution in [1.82, 2.24) is 0 Å². The summed E-state index contributed by atoms with van der Waals surface area (Å²) >= 11 is 0. The average molecular weight is 391 g/mol. The Morgan fingerprint density at radius 1 is 0.966 bits per heavy atom. The molecule has 0 atom stereocenters. The highest BCUT2D eigenvalue weighted by Gasteiger charge is 2.13. The minimum absolute atomic E-state index is 0.0689. The van der Waals surface area contributed by atoms with E-state index in [4.69, 9.17) is 4.74 Å². The lowest BCUT2D eigenvalue weighted by Gasteiger charge is -2.05. The summed E-state index contributed by atoms with van der Waals surface area (Å²) in [6.45, 7) is 0. The SMILES string of the molecule is O=C(C=Cc1cccc([N+](=O)[O-])c1)c1ccc(OC(=O)c2ccccc2F)cc1. The van der Waals surface area contributed by atoms with Crippen LogP contribution in [0.1, 0.15) is 26.3 Å². The van der Waals surface area contributed by atoms with Crippen molar-refractivity contribution in [3.63, 3.8) is 0 Å². The number of rotatable bonds is 6. The molecule has 0 amide bonds. The average Bonchev–Trinajstić information content (AvgIpc) is 2.73. The maximum absolute atomic E-state index is 13.6. The number of allylic oxidation sites excluding steroid dienone is 1. The predicted molar refractivity (Wildman–Crippen MR) is 104 cm³/mol. The summed E-state index contributed by atoms with van der Waals surface area (Å²) in [7, 11) is 0. The second kappa shape index (κ2) is 8.71. The molecule has 7 heteroatoms. The van der Waals surface area contributed by atoms with Crippen LogP contribution in [-0.2, 0) is 0 Å².